The molecular weight excluding hydrogens is 334 g/mol. The maximum atomic E-state index is 12.5. The minimum Gasteiger partial charge on any atom is -0.363 e. The van der Waals surface area contributed by atoms with Crippen molar-refractivity contribution in [3.63, 3.8) is 0 Å². The molecule has 3 rings (SSSR count). The number of urea groups is 1. The van der Waals surface area contributed by atoms with Crippen LogP contribution < -0.4 is 10.2 Å². The lowest BCUT2D eigenvalue weighted by molar-refractivity contribution is 0.119. The molecule has 0 aromatic carbocycles. The number of piperazine rings is 1. The average molecular weight is 359 g/mol. The molecule has 6 nitrogen and oxygen atoms in total. The molecule has 25 heavy (non-hydrogen) atoms. The minimum absolute atomic E-state index is 0.0535. The quantitative estimate of drug-likeness (QED) is 0.911. The highest BCUT2D eigenvalue weighted by Crippen LogP contribution is 2.23. The molecule has 1 unspecified atom stereocenters. The summed E-state index contributed by atoms with van der Waals surface area (Å²) >= 11 is 1.73. The number of anilines is 2. The number of carbonyl (C=O) groups is 1. The molecule has 2 aromatic rings. The van der Waals surface area contributed by atoms with Crippen LogP contribution in [0.2, 0.25) is 0 Å². The Labute approximate surface area is 153 Å². The monoisotopic (exact) mass is 359 g/mol. The van der Waals surface area contributed by atoms with Gasteiger partial charge in [0.2, 0.25) is 0 Å². The Kier molecular flexibility index (Phi) is 5.55. The lowest BCUT2D eigenvalue weighted by Gasteiger charge is -2.37. The van der Waals surface area contributed by atoms with Crippen LogP contribution in [0.5, 0.6) is 0 Å². The fraction of sp³-hybridized carbons (Fsp3) is 0.444. The van der Waals surface area contributed by atoms with E-state index in [0.29, 0.717) is 6.04 Å². The highest BCUT2D eigenvalue weighted by molar-refractivity contribution is 7.07. The van der Waals surface area contributed by atoms with Gasteiger partial charge in [-0.05, 0) is 41.4 Å². The number of amides is 2. The minimum atomic E-state index is -0.0535. The smallest absolute Gasteiger partial charge is 0.321 e. The number of rotatable bonds is 4. The molecule has 134 valence electrons. The van der Waals surface area contributed by atoms with Crippen LogP contribution in [0.25, 0.3) is 0 Å². The van der Waals surface area contributed by atoms with Crippen LogP contribution in [0.4, 0.5) is 16.3 Å². The van der Waals surface area contributed by atoms with Gasteiger partial charge in [0.25, 0.3) is 0 Å². The summed E-state index contributed by atoms with van der Waals surface area (Å²) in [5, 5.41) is 7.26. The molecule has 0 radical (unpaired) electrons. The van der Waals surface area contributed by atoms with E-state index in [0.717, 1.165) is 37.7 Å². The van der Waals surface area contributed by atoms with Gasteiger partial charge < -0.3 is 15.1 Å². The van der Waals surface area contributed by atoms with Crippen molar-refractivity contribution in [2.75, 3.05) is 50.5 Å². The van der Waals surface area contributed by atoms with E-state index in [1.807, 2.05) is 36.0 Å². The summed E-state index contributed by atoms with van der Waals surface area (Å²) in [6.45, 7) is 5.49. The van der Waals surface area contributed by atoms with Crippen molar-refractivity contribution in [3.05, 3.63) is 40.7 Å². The van der Waals surface area contributed by atoms with Gasteiger partial charge in [0.05, 0.1) is 11.9 Å². The molecule has 1 N–H and O–H groups in total. The molecule has 1 fully saturated rings. The third-order valence-corrected chi connectivity index (χ3v) is 5.33. The molecule has 0 aliphatic carbocycles. The summed E-state index contributed by atoms with van der Waals surface area (Å²) in [5.74, 6) is 0.869. The Balaban J connectivity index is 1.51. The normalized spacial score (nSPS) is 16.5. The van der Waals surface area contributed by atoms with Gasteiger partial charge in [0.1, 0.15) is 5.82 Å². The standard InChI is InChI=1S/C18H25N5OS/c1-14(15-6-11-25-13-15)22-7-9-23(10-8-22)18(24)20-16-4-5-17(19-12-16)21(2)3/h4-6,11-14H,7-10H2,1-3H3,(H,20,24). The van der Waals surface area contributed by atoms with Crippen LogP contribution in [-0.4, -0.2) is 61.1 Å². The number of nitrogens with zero attached hydrogens (tertiary/aromatic N) is 4. The van der Waals surface area contributed by atoms with Crippen molar-refractivity contribution in [1.82, 2.24) is 14.8 Å². The summed E-state index contributed by atoms with van der Waals surface area (Å²) in [6.07, 6.45) is 1.70. The van der Waals surface area contributed by atoms with Crippen molar-refractivity contribution >= 4 is 28.9 Å². The summed E-state index contributed by atoms with van der Waals surface area (Å²) < 4.78 is 0. The molecular formula is C18H25N5OS. The van der Waals surface area contributed by atoms with Crippen molar-refractivity contribution in [2.45, 2.75) is 13.0 Å². The lowest BCUT2D eigenvalue weighted by atomic mass is 10.1. The molecule has 0 saturated carbocycles. The first-order chi connectivity index (χ1) is 12.0. The zero-order chi connectivity index (χ0) is 17.8. The second-order valence-corrected chi connectivity index (χ2v) is 7.27. The SMILES string of the molecule is CC(c1ccsc1)N1CCN(C(=O)Nc2ccc(N(C)C)nc2)CC1. The number of aromatic nitrogens is 1. The molecule has 1 atom stereocenters. The van der Waals surface area contributed by atoms with E-state index >= 15 is 0 Å². The molecule has 2 aromatic heterocycles. The summed E-state index contributed by atoms with van der Waals surface area (Å²) in [5.41, 5.74) is 2.08. The van der Waals surface area contributed by atoms with Gasteiger partial charge in [-0.3, -0.25) is 4.90 Å². The summed E-state index contributed by atoms with van der Waals surface area (Å²) in [7, 11) is 3.88. The van der Waals surface area contributed by atoms with E-state index in [1.54, 1.807) is 17.5 Å². The van der Waals surface area contributed by atoms with Crippen molar-refractivity contribution in [2.24, 2.45) is 0 Å². The third kappa shape index (κ3) is 4.29. The van der Waals surface area contributed by atoms with Crippen LogP contribution in [0.3, 0.4) is 0 Å². The first-order valence-electron chi connectivity index (χ1n) is 8.50. The van der Waals surface area contributed by atoms with E-state index in [9.17, 15) is 4.79 Å². The van der Waals surface area contributed by atoms with Crippen molar-refractivity contribution in [3.8, 4) is 0 Å². The van der Waals surface area contributed by atoms with E-state index in [4.69, 9.17) is 0 Å². The molecule has 1 aliphatic rings. The Bertz CT molecular complexity index is 678. The maximum absolute atomic E-state index is 12.5. The third-order valence-electron chi connectivity index (χ3n) is 4.63. The van der Waals surface area contributed by atoms with Crippen LogP contribution in [-0.2, 0) is 0 Å². The molecule has 1 saturated heterocycles. The van der Waals surface area contributed by atoms with Gasteiger partial charge in [-0.15, -0.1) is 0 Å². The molecule has 7 heteroatoms. The predicted octanol–water partition coefficient (Wildman–Crippen LogP) is 3.12. The second kappa shape index (κ2) is 7.84. The highest BCUT2D eigenvalue weighted by Gasteiger charge is 2.25. The second-order valence-electron chi connectivity index (χ2n) is 6.49. The van der Waals surface area contributed by atoms with E-state index < -0.39 is 0 Å². The number of pyridine rings is 1. The molecule has 1 aliphatic heterocycles. The number of nitrogens with one attached hydrogen (secondary N) is 1. The Morgan fingerprint density at radius 2 is 2.00 bits per heavy atom. The van der Waals surface area contributed by atoms with Crippen LogP contribution in [0.1, 0.15) is 18.5 Å². The Morgan fingerprint density at radius 3 is 2.56 bits per heavy atom. The van der Waals surface area contributed by atoms with Crippen molar-refractivity contribution in [1.29, 1.82) is 0 Å². The van der Waals surface area contributed by atoms with Crippen LogP contribution >= 0.6 is 11.3 Å². The summed E-state index contributed by atoms with van der Waals surface area (Å²) in [4.78, 5) is 23.0. The van der Waals surface area contributed by atoms with Gasteiger partial charge in [-0.25, -0.2) is 9.78 Å². The van der Waals surface area contributed by atoms with Gasteiger partial charge >= 0.3 is 6.03 Å². The van der Waals surface area contributed by atoms with Crippen LogP contribution in [0.15, 0.2) is 35.2 Å². The summed E-state index contributed by atoms with van der Waals surface area (Å²) in [6, 6.07) is 6.31. The molecule has 3 heterocycles. The Morgan fingerprint density at radius 1 is 1.24 bits per heavy atom. The predicted molar refractivity (Wildman–Crippen MR) is 103 cm³/mol. The van der Waals surface area contributed by atoms with Gasteiger partial charge in [0.15, 0.2) is 0 Å². The topological polar surface area (TPSA) is 51.7 Å². The fourth-order valence-electron chi connectivity index (χ4n) is 2.96. The molecule has 0 bridgehead atoms. The zero-order valence-corrected chi connectivity index (χ0v) is 15.8. The Hall–Kier alpha value is -2.12. The fourth-order valence-corrected chi connectivity index (χ4v) is 3.71. The molecule has 2 amide bonds. The average Bonchev–Trinajstić information content (AvgIpc) is 3.16. The zero-order valence-electron chi connectivity index (χ0n) is 15.0. The van der Waals surface area contributed by atoms with E-state index in [-0.39, 0.29) is 6.03 Å². The van der Waals surface area contributed by atoms with E-state index in [2.05, 4.69) is 39.0 Å². The number of thiophene rings is 1. The maximum Gasteiger partial charge on any atom is 0.321 e. The first kappa shape index (κ1) is 17.7. The van der Waals surface area contributed by atoms with Gasteiger partial charge in [-0.1, -0.05) is 0 Å². The van der Waals surface area contributed by atoms with E-state index in [1.165, 1.54) is 5.56 Å². The van der Waals surface area contributed by atoms with Gasteiger partial charge in [-0.2, -0.15) is 11.3 Å². The molecule has 0 spiro atoms. The lowest BCUT2D eigenvalue weighted by Crippen LogP contribution is -2.50. The number of carbonyl (C=O) groups excluding carboxylic acids is 1. The van der Waals surface area contributed by atoms with Crippen LogP contribution in [0, 0.1) is 0 Å². The van der Waals surface area contributed by atoms with Gasteiger partial charge in [0, 0.05) is 46.3 Å². The largest absolute Gasteiger partial charge is 0.363 e. The number of hydrogen-bond donors (Lipinski definition) is 1. The van der Waals surface area contributed by atoms with Crippen molar-refractivity contribution < 1.29 is 4.79 Å². The number of hydrogen-bond acceptors (Lipinski definition) is 5. The highest BCUT2D eigenvalue weighted by atomic mass is 32.1. The first-order valence-corrected chi connectivity index (χ1v) is 9.44.